The van der Waals surface area contributed by atoms with E-state index in [2.05, 4.69) is 11.0 Å². The molecule has 5 nitrogen and oxygen atoms in total. The summed E-state index contributed by atoms with van der Waals surface area (Å²) in [6, 6.07) is 11.2. The Morgan fingerprint density at radius 3 is 2.67 bits per heavy atom. The number of hydrogen-bond acceptors (Lipinski definition) is 5. The number of carbonyl (C=O) groups is 1. The van der Waals surface area contributed by atoms with E-state index < -0.39 is 0 Å². The molecular weight excluding hydrogens is 268 g/mol. The zero-order chi connectivity index (χ0) is 14.7. The minimum Gasteiger partial charge on any atom is -0.453 e. The van der Waals surface area contributed by atoms with Gasteiger partial charge in [0.05, 0.1) is 24.5 Å². The molecule has 0 amide bonds. The summed E-state index contributed by atoms with van der Waals surface area (Å²) in [6.45, 7) is 2.91. The highest BCUT2D eigenvalue weighted by molar-refractivity contribution is 5.74. The maximum atomic E-state index is 10.7. The second kappa shape index (κ2) is 5.81. The average molecular weight is 282 g/mol. The average Bonchev–Trinajstić information content (AvgIpc) is 3.04. The Morgan fingerprint density at radius 1 is 1.19 bits per heavy atom. The molecule has 0 unspecified atom stereocenters. The van der Waals surface area contributed by atoms with Crippen LogP contribution in [-0.2, 0) is 4.74 Å². The number of furan rings is 1. The largest absolute Gasteiger partial charge is 0.453 e. The predicted molar refractivity (Wildman–Crippen MR) is 77.3 cm³/mol. The van der Waals surface area contributed by atoms with Crippen molar-refractivity contribution in [2.24, 2.45) is 0 Å². The normalized spacial score (nSPS) is 14.7. The summed E-state index contributed by atoms with van der Waals surface area (Å²) in [5.41, 5.74) is 2.29. The minimum atomic E-state index is 0.278. The molecule has 0 N–H and O–H groups in total. The lowest BCUT2D eigenvalue weighted by Gasteiger charge is -2.29. The van der Waals surface area contributed by atoms with Gasteiger partial charge in [-0.1, -0.05) is 0 Å². The fraction of sp³-hybridized carbons (Fsp3) is 0.250. The highest BCUT2D eigenvalue weighted by Gasteiger charge is 2.16. The third-order valence-electron chi connectivity index (χ3n) is 3.50. The molecular formula is C16H14N2O3. The number of benzene rings is 1. The van der Waals surface area contributed by atoms with E-state index in [0.29, 0.717) is 30.8 Å². The summed E-state index contributed by atoms with van der Waals surface area (Å²) in [4.78, 5) is 12.8. The molecule has 2 aromatic rings. The van der Waals surface area contributed by atoms with Crippen molar-refractivity contribution < 1.29 is 13.9 Å². The molecule has 1 saturated heterocycles. The van der Waals surface area contributed by atoms with Gasteiger partial charge < -0.3 is 14.1 Å². The lowest BCUT2D eigenvalue weighted by molar-refractivity contribution is 0.110. The second-order valence-corrected chi connectivity index (χ2v) is 4.76. The Bertz CT molecular complexity index is 694. The molecule has 1 aliphatic heterocycles. The maximum Gasteiger partial charge on any atom is 0.185 e. The van der Waals surface area contributed by atoms with Gasteiger partial charge in [0.25, 0.3) is 0 Å². The molecule has 0 radical (unpaired) electrons. The number of morpholine rings is 1. The van der Waals surface area contributed by atoms with Crippen molar-refractivity contribution in [2.75, 3.05) is 31.2 Å². The van der Waals surface area contributed by atoms with Crippen molar-refractivity contribution in [1.82, 2.24) is 0 Å². The van der Waals surface area contributed by atoms with Crippen LogP contribution in [0.5, 0.6) is 0 Å². The van der Waals surface area contributed by atoms with Crippen molar-refractivity contribution in [1.29, 1.82) is 5.26 Å². The van der Waals surface area contributed by atoms with E-state index in [1.807, 2.05) is 12.1 Å². The van der Waals surface area contributed by atoms with E-state index in [-0.39, 0.29) is 5.76 Å². The molecule has 3 rings (SSSR count). The first kappa shape index (κ1) is 13.4. The molecule has 5 heteroatoms. The van der Waals surface area contributed by atoms with Crippen LogP contribution in [0.4, 0.5) is 5.69 Å². The molecule has 1 aromatic carbocycles. The number of nitrogens with zero attached hydrogens (tertiary/aromatic N) is 2. The molecule has 1 fully saturated rings. The van der Waals surface area contributed by atoms with E-state index in [0.717, 1.165) is 24.3 Å². The van der Waals surface area contributed by atoms with Crippen LogP contribution in [0.25, 0.3) is 11.3 Å². The van der Waals surface area contributed by atoms with Gasteiger partial charge in [0.1, 0.15) is 11.8 Å². The van der Waals surface area contributed by atoms with Gasteiger partial charge in [0, 0.05) is 18.7 Å². The third-order valence-corrected chi connectivity index (χ3v) is 3.50. The fourth-order valence-electron chi connectivity index (χ4n) is 2.43. The molecule has 0 bridgehead atoms. The lowest BCUT2D eigenvalue weighted by Crippen LogP contribution is -2.36. The number of hydrogen-bond donors (Lipinski definition) is 0. The third kappa shape index (κ3) is 2.67. The van der Waals surface area contributed by atoms with Gasteiger partial charge in [0.15, 0.2) is 12.0 Å². The van der Waals surface area contributed by atoms with Crippen molar-refractivity contribution in [2.45, 2.75) is 0 Å². The topological polar surface area (TPSA) is 66.5 Å². The molecule has 0 saturated carbocycles. The zero-order valence-electron chi connectivity index (χ0n) is 11.4. The molecule has 0 spiro atoms. The van der Waals surface area contributed by atoms with Crippen LogP contribution in [0.2, 0.25) is 0 Å². The van der Waals surface area contributed by atoms with Gasteiger partial charge in [-0.15, -0.1) is 0 Å². The van der Waals surface area contributed by atoms with E-state index in [1.54, 1.807) is 18.2 Å². The Morgan fingerprint density at radius 2 is 2.00 bits per heavy atom. The first-order valence-corrected chi connectivity index (χ1v) is 6.74. The number of anilines is 1. The Balaban J connectivity index is 1.94. The number of carbonyl (C=O) groups excluding carboxylic acids is 1. The van der Waals surface area contributed by atoms with Crippen molar-refractivity contribution in [3.8, 4) is 17.4 Å². The second-order valence-electron chi connectivity index (χ2n) is 4.76. The van der Waals surface area contributed by atoms with E-state index in [9.17, 15) is 10.1 Å². The van der Waals surface area contributed by atoms with Gasteiger partial charge in [-0.2, -0.15) is 5.26 Å². The van der Waals surface area contributed by atoms with Crippen LogP contribution < -0.4 is 4.90 Å². The highest BCUT2D eigenvalue weighted by atomic mass is 16.5. The number of nitriles is 1. The van der Waals surface area contributed by atoms with Crippen molar-refractivity contribution >= 4 is 12.0 Å². The smallest absolute Gasteiger partial charge is 0.185 e. The van der Waals surface area contributed by atoms with E-state index >= 15 is 0 Å². The first-order chi connectivity index (χ1) is 10.3. The van der Waals surface area contributed by atoms with Gasteiger partial charge >= 0.3 is 0 Å². The summed E-state index contributed by atoms with van der Waals surface area (Å²) in [6.07, 6.45) is 0.663. The molecule has 106 valence electrons. The maximum absolute atomic E-state index is 10.7. The molecule has 0 aliphatic carbocycles. The predicted octanol–water partition coefficient (Wildman–Crippen LogP) is 2.47. The quantitative estimate of drug-likeness (QED) is 0.809. The molecule has 2 heterocycles. The Labute approximate surface area is 122 Å². The number of ether oxygens (including phenoxy) is 1. The van der Waals surface area contributed by atoms with Gasteiger partial charge in [-0.05, 0) is 30.3 Å². The van der Waals surface area contributed by atoms with Gasteiger partial charge in [-0.25, -0.2) is 0 Å². The van der Waals surface area contributed by atoms with Crippen molar-refractivity contribution in [3.63, 3.8) is 0 Å². The van der Waals surface area contributed by atoms with E-state index in [1.165, 1.54) is 0 Å². The van der Waals surface area contributed by atoms with Crippen LogP contribution in [0.1, 0.15) is 16.1 Å². The van der Waals surface area contributed by atoms with Crippen LogP contribution in [0.3, 0.4) is 0 Å². The first-order valence-electron chi connectivity index (χ1n) is 6.74. The van der Waals surface area contributed by atoms with Crippen LogP contribution in [0, 0.1) is 11.3 Å². The van der Waals surface area contributed by atoms with Crippen LogP contribution in [-0.4, -0.2) is 32.6 Å². The molecule has 21 heavy (non-hydrogen) atoms. The Hall–Kier alpha value is -2.58. The summed E-state index contributed by atoms with van der Waals surface area (Å²) in [5, 5.41) is 9.38. The summed E-state index contributed by atoms with van der Waals surface area (Å²) in [5.74, 6) is 0.864. The standard InChI is InChI=1S/C16H14N2O3/c17-10-13-9-12(16-4-2-14(11-19)21-16)1-3-15(13)18-5-7-20-8-6-18/h1-4,9,11H,5-8H2. The number of rotatable bonds is 3. The van der Waals surface area contributed by atoms with Crippen LogP contribution in [0.15, 0.2) is 34.7 Å². The zero-order valence-corrected chi connectivity index (χ0v) is 11.4. The van der Waals surface area contributed by atoms with E-state index in [4.69, 9.17) is 9.15 Å². The SMILES string of the molecule is N#Cc1cc(-c2ccc(C=O)o2)ccc1N1CCOCC1. The summed E-state index contributed by atoms with van der Waals surface area (Å²) >= 11 is 0. The summed E-state index contributed by atoms with van der Waals surface area (Å²) < 4.78 is 10.7. The van der Waals surface area contributed by atoms with Crippen LogP contribution >= 0.6 is 0 Å². The van der Waals surface area contributed by atoms with Gasteiger partial charge in [0.2, 0.25) is 0 Å². The fourth-order valence-corrected chi connectivity index (χ4v) is 2.43. The highest BCUT2D eigenvalue weighted by Crippen LogP contribution is 2.28. The molecule has 1 aromatic heterocycles. The lowest BCUT2D eigenvalue weighted by atomic mass is 10.1. The molecule has 0 atom stereocenters. The Kier molecular flexibility index (Phi) is 3.71. The van der Waals surface area contributed by atoms with Gasteiger partial charge in [-0.3, -0.25) is 4.79 Å². The minimum absolute atomic E-state index is 0.278. The van der Waals surface area contributed by atoms with Crippen molar-refractivity contribution in [3.05, 3.63) is 41.7 Å². The molecule has 1 aliphatic rings. The monoisotopic (exact) mass is 282 g/mol. The number of aldehydes is 1. The summed E-state index contributed by atoms with van der Waals surface area (Å²) in [7, 11) is 0.